The lowest BCUT2D eigenvalue weighted by atomic mass is 10.3. The monoisotopic (exact) mass is 305 g/mol. The molecule has 0 aromatic heterocycles. The fraction of sp³-hybridized carbons (Fsp3) is 0.455. The van der Waals surface area contributed by atoms with Crippen LogP contribution in [0.15, 0.2) is 21.5 Å². The summed E-state index contributed by atoms with van der Waals surface area (Å²) in [6, 6.07) is 3.09. The summed E-state index contributed by atoms with van der Waals surface area (Å²) in [5.41, 5.74) is 6.28. The fourth-order valence-corrected chi connectivity index (χ4v) is 3.36. The van der Waals surface area contributed by atoms with Crippen molar-refractivity contribution >= 4 is 33.4 Å². The second-order valence-corrected chi connectivity index (χ2v) is 5.96. The van der Waals surface area contributed by atoms with Crippen molar-refractivity contribution in [3.63, 3.8) is 0 Å². The Morgan fingerprint density at radius 2 is 2.31 bits per heavy atom. The van der Waals surface area contributed by atoms with E-state index in [9.17, 15) is 4.39 Å². The van der Waals surface area contributed by atoms with E-state index in [-0.39, 0.29) is 11.9 Å². The summed E-state index contributed by atoms with van der Waals surface area (Å²) in [6.07, 6.45) is 1.24. The van der Waals surface area contributed by atoms with Gasteiger partial charge >= 0.3 is 0 Å². The Bertz CT molecular complexity index is 402. The molecule has 1 aliphatic heterocycles. The predicted molar refractivity (Wildman–Crippen MR) is 68.2 cm³/mol. The second kappa shape index (κ2) is 4.94. The van der Waals surface area contributed by atoms with E-state index < -0.39 is 0 Å². The number of nitrogens with two attached hydrogens (primary N) is 1. The zero-order chi connectivity index (χ0) is 11.7. The Morgan fingerprint density at radius 3 is 2.94 bits per heavy atom. The molecule has 1 fully saturated rings. The van der Waals surface area contributed by atoms with Crippen molar-refractivity contribution in [2.24, 2.45) is 0 Å². The van der Waals surface area contributed by atoms with E-state index in [1.165, 1.54) is 6.07 Å². The summed E-state index contributed by atoms with van der Waals surface area (Å²) in [6.45, 7) is 2.85. The molecule has 2 N–H and O–H groups in total. The summed E-state index contributed by atoms with van der Waals surface area (Å²) < 4.78 is 19.1. The number of hydrogen-bond donors (Lipinski definition) is 1. The molecule has 5 heteroatoms. The van der Waals surface area contributed by atoms with Crippen LogP contribution in [0.3, 0.4) is 0 Å². The Kier molecular flexibility index (Phi) is 3.77. The molecule has 1 aromatic rings. The number of anilines is 1. The summed E-state index contributed by atoms with van der Waals surface area (Å²) in [5, 5.41) is 0.402. The molecule has 88 valence electrons. The number of nitrogen functional groups attached to an aromatic ring is 1. The third kappa shape index (κ3) is 2.52. The molecule has 2 unspecified atom stereocenters. The van der Waals surface area contributed by atoms with Crippen LogP contribution in [0.25, 0.3) is 0 Å². The molecule has 0 saturated carbocycles. The minimum Gasteiger partial charge on any atom is -0.398 e. The summed E-state index contributed by atoms with van der Waals surface area (Å²) in [4.78, 5) is 0.913. The topological polar surface area (TPSA) is 35.2 Å². The van der Waals surface area contributed by atoms with Gasteiger partial charge in [-0.25, -0.2) is 4.39 Å². The minimum absolute atomic E-state index is 0.230. The molecule has 0 aliphatic carbocycles. The third-order valence-electron chi connectivity index (χ3n) is 2.64. The van der Waals surface area contributed by atoms with Crippen LogP contribution in [0.4, 0.5) is 10.1 Å². The quantitative estimate of drug-likeness (QED) is 0.850. The van der Waals surface area contributed by atoms with Crippen LogP contribution >= 0.6 is 27.7 Å². The van der Waals surface area contributed by atoms with E-state index in [4.69, 9.17) is 10.5 Å². The van der Waals surface area contributed by atoms with Crippen LogP contribution in [0, 0.1) is 5.82 Å². The molecule has 0 bridgehead atoms. The van der Waals surface area contributed by atoms with Crippen molar-refractivity contribution in [3.05, 3.63) is 22.4 Å². The zero-order valence-electron chi connectivity index (χ0n) is 8.87. The van der Waals surface area contributed by atoms with Crippen molar-refractivity contribution in [2.45, 2.75) is 29.6 Å². The summed E-state index contributed by atoms with van der Waals surface area (Å²) >= 11 is 4.83. The predicted octanol–water partition coefficient (Wildman–Crippen LogP) is 3.44. The molecular formula is C11H13BrFNOS. The number of thioether (sulfide) groups is 1. The van der Waals surface area contributed by atoms with Gasteiger partial charge in [-0.3, -0.25) is 0 Å². The van der Waals surface area contributed by atoms with E-state index in [0.29, 0.717) is 15.4 Å². The van der Waals surface area contributed by atoms with Crippen LogP contribution in [-0.4, -0.2) is 18.0 Å². The number of halogens is 2. The van der Waals surface area contributed by atoms with E-state index >= 15 is 0 Å². The highest BCUT2D eigenvalue weighted by molar-refractivity contribution is 9.10. The highest BCUT2D eigenvalue weighted by Crippen LogP contribution is 2.37. The molecular weight excluding hydrogens is 293 g/mol. The van der Waals surface area contributed by atoms with Gasteiger partial charge in [0.15, 0.2) is 0 Å². The SMILES string of the molecule is CC1OCCC1Sc1cc(Br)c(F)cc1N. The molecule has 0 spiro atoms. The number of hydrogen-bond acceptors (Lipinski definition) is 3. The fourth-order valence-electron chi connectivity index (χ4n) is 1.68. The molecule has 1 saturated heterocycles. The second-order valence-electron chi connectivity index (χ2n) is 3.83. The standard InChI is InChI=1S/C11H13BrFNOS/c1-6-10(2-3-15-6)16-11-4-7(12)8(13)5-9(11)14/h4-6,10H,2-3,14H2,1H3. The van der Waals surface area contributed by atoms with E-state index in [1.807, 2.05) is 0 Å². The van der Waals surface area contributed by atoms with Crippen molar-refractivity contribution < 1.29 is 9.13 Å². The van der Waals surface area contributed by atoms with Crippen LogP contribution in [-0.2, 0) is 4.74 Å². The number of rotatable bonds is 2. The molecule has 0 radical (unpaired) electrons. The Morgan fingerprint density at radius 1 is 1.56 bits per heavy atom. The molecule has 16 heavy (non-hydrogen) atoms. The molecule has 2 atom stereocenters. The van der Waals surface area contributed by atoms with Gasteiger partial charge in [0.1, 0.15) is 5.82 Å². The highest BCUT2D eigenvalue weighted by atomic mass is 79.9. The first kappa shape index (κ1) is 12.2. The van der Waals surface area contributed by atoms with Crippen LogP contribution in [0.5, 0.6) is 0 Å². The smallest absolute Gasteiger partial charge is 0.139 e. The molecule has 2 nitrogen and oxygen atoms in total. The zero-order valence-corrected chi connectivity index (χ0v) is 11.3. The lowest BCUT2D eigenvalue weighted by Gasteiger charge is -2.15. The normalized spacial score (nSPS) is 24.9. The highest BCUT2D eigenvalue weighted by Gasteiger charge is 2.26. The lowest BCUT2D eigenvalue weighted by molar-refractivity contribution is 0.127. The maximum Gasteiger partial charge on any atom is 0.139 e. The van der Waals surface area contributed by atoms with Crippen molar-refractivity contribution in [3.8, 4) is 0 Å². The van der Waals surface area contributed by atoms with Crippen molar-refractivity contribution in [2.75, 3.05) is 12.3 Å². The van der Waals surface area contributed by atoms with Gasteiger partial charge in [0.05, 0.1) is 10.6 Å². The average Bonchev–Trinajstić information content (AvgIpc) is 2.61. The van der Waals surface area contributed by atoms with E-state index in [2.05, 4.69) is 22.9 Å². The van der Waals surface area contributed by atoms with Gasteiger partial charge in [-0.15, -0.1) is 11.8 Å². The lowest BCUT2D eigenvalue weighted by Crippen LogP contribution is -2.13. The summed E-state index contributed by atoms with van der Waals surface area (Å²) in [7, 11) is 0. The van der Waals surface area contributed by atoms with Gasteiger partial charge in [-0.1, -0.05) is 0 Å². The van der Waals surface area contributed by atoms with Gasteiger partial charge in [0.25, 0.3) is 0 Å². The molecule has 0 amide bonds. The van der Waals surface area contributed by atoms with E-state index in [1.54, 1.807) is 17.8 Å². The first-order valence-electron chi connectivity index (χ1n) is 5.10. The maximum atomic E-state index is 13.2. The average molecular weight is 306 g/mol. The van der Waals surface area contributed by atoms with Gasteiger partial charge in [-0.2, -0.15) is 0 Å². The molecule has 1 aromatic carbocycles. The first-order valence-corrected chi connectivity index (χ1v) is 6.78. The van der Waals surface area contributed by atoms with Crippen LogP contribution in [0.1, 0.15) is 13.3 Å². The maximum absolute atomic E-state index is 13.2. The molecule has 2 rings (SSSR count). The molecule has 1 heterocycles. The Labute approximate surface area is 107 Å². The van der Waals surface area contributed by atoms with Crippen LogP contribution in [0.2, 0.25) is 0 Å². The van der Waals surface area contributed by atoms with Crippen LogP contribution < -0.4 is 5.73 Å². The Hall–Kier alpha value is -0.260. The van der Waals surface area contributed by atoms with Crippen molar-refractivity contribution in [1.82, 2.24) is 0 Å². The van der Waals surface area contributed by atoms with Gasteiger partial charge in [-0.05, 0) is 41.4 Å². The Balaban J connectivity index is 2.18. The van der Waals surface area contributed by atoms with Gasteiger partial charge in [0.2, 0.25) is 0 Å². The van der Waals surface area contributed by atoms with Crippen molar-refractivity contribution in [1.29, 1.82) is 0 Å². The van der Waals surface area contributed by atoms with E-state index in [0.717, 1.165) is 17.9 Å². The largest absolute Gasteiger partial charge is 0.398 e. The molecule has 1 aliphatic rings. The third-order valence-corrected chi connectivity index (χ3v) is 4.77. The summed E-state index contributed by atoms with van der Waals surface area (Å²) in [5.74, 6) is -0.322. The van der Waals surface area contributed by atoms with Gasteiger partial charge in [0, 0.05) is 22.4 Å². The number of ether oxygens (including phenoxy) is 1. The number of benzene rings is 1. The van der Waals surface area contributed by atoms with Gasteiger partial charge < -0.3 is 10.5 Å². The minimum atomic E-state index is -0.322. The first-order chi connectivity index (χ1) is 7.58.